The predicted molar refractivity (Wildman–Crippen MR) is 110 cm³/mol. The number of benzene rings is 2. The van der Waals surface area contributed by atoms with Crippen LogP contribution in [-0.2, 0) is 40.5 Å². The fourth-order valence-corrected chi connectivity index (χ4v) is 4.05. The van der Waals surface area contributed by atoms with Crippen molar-refractivity contribution in [3.05, 3.63) is 64.1 Å². The van der Waals surface area contributed by atoms with Crippen LogP contribution in [0.2, 0.25) is 0 Å². The van der Waals surface area contributed by atoms with Gasteiger partial charge >= 0.3 is 0 Å². The lowest BCUT2D eigenvalue weighted by Crippen LogP contribution is -2.23. The van der Waals surface area contributed by atoms with E-state index in [1.54, 1.807) is 19.1 Å². The van der Waals surface area contributed by atoms with Crippen LogP contribution in [0.1, 0.15) is 25.0 Å². The van der Waals surface area contributed by atoms with Crippen molar-refractivity contribution >= 4 is 26.0 Å². The summed E-state index contributed by atoms with van der Waals surface area (Å²) in [6, 6.07) is 14.3. The van der Waals surface area contributed by atoms with Gasteiger partial charge in [0.15, 0.2) is 11.6 Å². The average Bonchev–Trinajstić information content (AvgIpc) is 3.32. The van der Waals surface area contributed by atoms with Crippen LogP contribution < -0.4 is 5.14 Å². The van der Waals surface area contributed by atoms with Gasteiger partial charge < -0.3 is 18.9 Å². The summed E-state index contributed by atoms with van der Waals surface area (Å²) in [6.45, 7) is 6.03. The number of sulfonamides is 1. The molecular formula is C20H24BrNO6S. The Morgan fingerprint density at radius 2 is 1.28 bits per heavy atom. The fraction of sp³-hybridized carbons (Fsp3) is 0.400. The first-order valence-electron chi connectivity index (χ1n) is 9.08. The molecule has 2 heterocycles. The molecule has 2 N–H and O–H groups in total. The summed E-state index contributed by atoms with van der Waals surface area (Å²) in [7, 11) is -3.69. The average molecular weight is 486 g/mol. The van der Waals surface area contributed by atoms with E-state index in [0.29, 0.717) is 32.0 Å². The molecule has 9 heteroatoms. The van der Waals surface area contributed by atoms with Crippen molar-refractivity contribution in [3.63, 3.8) is 0 Å². The Hall–Kier alpha value is -1.33. The summed E-state index contributed by atoms with van der Waals surface area (Å²) < 4.78 is 45.4. The molecule has 158 valence electrons. The third kappa shape index (κ3) is 5.43. The van der Waals surface area contributed by atoms with E-state index in [1.165, 1.54) is 12.1 Å². The van der Waals surface area contributed by atoms with E-state index >= 15 is 0 Å². The Morgan fingerprint density at radius 3 is 1.72 bits per heavy atom. The van der Waals surface area contributed by atoms with Crippen molar-refractivity contribution in [1.82, 2.24) is 0 Å². The molecule has 2 aromatic rings. The number of primary sulfonamides is 1. The molecule has 0 bridgehead atoms. The maximum Gasteiger partial charge on any atom is 0.238 e. The zero-order valence-corrected chi connectivity index (χ0v) is 18.7. The highest BCUT2D eigenvalue weighted by Crippen LogP contribution is 2.32. The number of ether oxygens (including phenoxy) is 4. The molecule has 0 spiro atoms. The smallest absolute Gasteiger partial charge is 0.238 e. The van der Waals surface area contributed by atoms with E-state index < -0.39 is 21.6 Å². The standard InChI is InChI=1S/C10H11BrO2.C10H13NO4S/c1-10(12-5-6-13-10)8-3-2-4-9(11)7-8;1-10(14-5-6-15-10)8-3-2-4-9(7-8)16(11,12)13/h2-4,7H,5-6H2,1H3;2-4,7H,5-6H2,1H3,(H2,11,12,13). The molecule has 4 rings (SSSR count). The Morgan fingerprint density at radius 1 is 0.828 bits per heavy atom. The zero-order valence-electron chi connectivity index (χ0n) is 16.3. The maximum atomic E-state index is 11.2. The molecule has 0 aromatic heterocycles. The van der Waals surface area contributed by atoms with Crippen LogP contribution in [-0.4, -0.2) is 34.8 Å². The lowest BCUT2D eigenvalue weighted by Gasteiger charge is -2.22. The van der Waals surface area contributed by atoms with Gasteiger partial charge in [-0.3, -0.25) is 0 Å². The number of rotatable bonds is 3. The lowest BCUT2D eigenvalue weighted by molar-refractivity contribution is -0.150. The van der Waals surface area contributed by atoms with Crippen LogP contribution >= 0.6 is 15.9 Å². The van der Waals surface area contributed by atoms with Gasteiger partial charge in [0, 0.05) is 15.6 Å². The first kappa shape index (κ1) is 22.4. The van der Waals surface area contributed by atoms with Gasteiger partial charge in [0.25, 0.3) is 0 Å². The molecule has 0 atom stereocenters. The molecule has 7 nitrogen and oxygen atoms in total. The van der Waals surface area contributed by atoms with E-state index in [-0.39, 0.29) is 4.90 Å². The maximum absolute atomic E-state index is 11.2. The van der Waals surface area contributed by atoms with E-state index in [9.17, 15) is 8.42 Å². The van der Waals surface area contributed by atoms with Crippen molar-refractivity contribution < 1.29 is 27.4 Å². The van der Waals surface area contributed by atoms with Crippen LogP contribution in [0.3, 0.4) is 0 Å². The van der Waals surface area contributed by atoms with E-state index in [0.717, 1.165) is 10.0 Å². The molecule has 2 fully saturated rings. The molecule has 2 aliphatic rings. The van der Waals surface area contributed by atoms with Gasteiger partial charge in [-0.25, -0.2) is 13.6 Å². The van der Waals surface area contributed by atoms with Gasteiger partial charge in [0.05, 0.1) is 31.3 Å². The van der Waals surface area contributed by atoms with Crippen LogP contribution in [0.4, 0.5) is 0 Å². The number of hydrogen-bond acceptors (Lipinski definition) is 6. The SMILES string of the molecule is CC1(c2cccc(Br)c2)OCCO1.CC1(c2cccc(S(N)(=O)=O)c2)OCCO1. The highest BCUT2D eigenvalue weighted by Gasteiger charge is 2.34. The number of nitrogens with two attached hydrogens (primary N) is 1. The Kier molecular flexibility index (Phi) is 6.79. The first-order chi connectivity index (χ1) is 13.6. The first-order valence-corrected chi connectivity index (χ1v) is 11.4. The van der Waals surface area contributed by atoms with Gasteiger partial charge in [-0.15, -0.1) is 0 Å². The summed E-state index contributed by atoms with van der Waals surface area (Å²) >= 11 is 3.42. The normalized spacial score (nSPS) is 20.1. The molecule has 2 saturated heterocycles. The van der Waals surface area contributed by atoms with Gasteiger partial charge in [-0.05, 0) is 38.1 Å². The predicted octanol–water partition coefficient (Wildman–Crippen LogP) is 3.22. The Bertz CT molecular complexity index is 953. The summed E-state index contributed by atoms with van der Waals surface area (Å²) in [5.41, 5.74) is 1.70. The van der Waals surface area contributed by atoms with Crippen LogP contribution in [0.5, 0.6) is 0 Å². The Labute approximate surface area is 179 Å². The minimum Gasteiger partial charge on any atom is -0.344 e. The monoisotopic (exact) mass is 485 g/mol. The third-order valence-corrected chi connectivity index (χ3v) is 6.12. The fourth-order valence-electron chi connectivity index (χ4n) is 3.09. The van der Waals surface area contributed by atoms with Crippen molar-refractivity contribution in [2.24, 2.45) is 5.14 Å². The van der Waals surface area contributed by atoms with Gasteiger partial charge in [0.2, 0.25) is 10.0 Å². The van der Waals surface area contributed by atoms with E-state index in [1.807, 2.05) is 31.2 Å². The summed E-state index contributed by atoms with van der Waals surface area (Å²) in [4.78, 5) is 0.0605. The molecule has 2 aromatic carbocycles. The van der Waals surface area contributed by atoms with Gasteiger partial charge in [-0.2, -0.15) is 0 Å². The molecule has 0 unspecified atom stereocenters. The second kappa shape index (κ2) is 8.81. The lowest BCUT2D eigenvalue weighted by atomic mass is 10.1. The van der Waals surface area contributed by atoms with Crippen molar-refractivity contribution in [2.45, 2.75) is 30.3 Å². The number of halogens is 1. The highest BCUT2D eigenvalue weighted by atomic mass is 79.9. The summed E-state index contributed by atoms with van der Waals surface area (Å²) in [6.07, 6.45) is 0. The largest absolute Gasteiger partial charge is 0.344 e. The van der Waals surface area contributed by atoms with E-state index in [4.69, 9.17) is 24.1 Å². The molecule has 0 radical (unpaired) electrons. The Balaban J connectivity index is 0.000000169. The third-order valence-electron chi connectivity index (χ3n) is 4.71. The molecular weight excluding hydrogens is 462 g/mol. The van der Waals surface area contributed by atoms with Crippen molar-refractivity contribution in [1.29, 1.82) is 0 Å². The highest BCUT2D eigenvalue weighted by molar-refractivity contribution is 9.10. The van der Waals surface area contributed by atoms with Crippen LogP contribution in [0.25, 0.3) is 0 Å². The number of hydrogen-bond donors (Lipinski definition) is 1. The molecule has 0 aliphatic carbocycles. The molecule has 29 heavy (non-hydrogen) atoms. The minimum absolute atomic E-state index is 0.0605. The zero-order chi connectivity index (χ0) is 21.1. The van der Waals surface area contributed by atoms with Gasteiger partial charge in [0.1, 0.15) is 0 Å². The van der Waals surface area contributed by atoms with Crippen molar-refractivity contribution in [3.8, 4) is 0 Å². The minimum atomic E-state index is -3.69. The van der Waals surface area contributed by atoms with Gasteiger partial charge in [-0.1, -0.05) is 40.2 Å². The second-order valence-corrected chi connectivity index (χ2v) is 9.35. The second-order valence-electron chi connectivity index (χ2n) is 6.87. The molecule has 2 aliphatic heterocycles. The van der Waals surface area contributed by atoms with E-state index in [2.05, 4.69) is 15.9 Å². The molecule has 0 amide bonds. The topological polar surface area (TPSA) is 97.1 Å². The molecule has 0 saturated carbocycles. The van der Waals surface area contributed by atoms with Crippen molar-refractivity contribution in [2.75, 3.05) is 26.4 Å². The van der Waals surface area contributed by atoms with Crippen LogP contribution in [0.15, 0.2) is 57.9 Å². The summed E-state index contributed by atoms with van der Waals surface area (Å²) in [5.74, 6) is -1.43. The van der Waals surface area contributed by atoms with Crippen LogP contribution in [0, 0.1) is 0 Å². The summed E-state index contributed by atoms with van der Waals surface area (Å²) in [5, 5.41) is 5.06. The quantitative estimate of drug-likeness (QED) is 0.716.